The number of amides is 1. The van der Waals surface area contributed by atoms with Crippen LogP contribution >= 0.6 is 0 Å². The van der Waals surface area contributed by atoms with E-state index in [0.29, 0.717) is 30.9 Å². The normalized spacial score (nSPS) is 29.9. The maximum atomic E-state index is 13.8. The van der Waals surface area contributed by atoms with E-state index in [4.69, 9.17) is 9.47 Å². The maximum absolute atomic E-state index is 13.8. The number of carboxylic acids is 1. The molecule has 0 spiro atoms. The van der Waals surface area contributed by atoms with E-state index in [1.807, 2.05) is 0 Å². The highest BCUT2D eigenvalue weighted by atomic mass is 19.4. The van der Waals surface area contributed by atoms with Crippen LogP contribution in [0.3, 0.4) is 0 Å². The molecule has 1 aromatic carbocycles. The Balaban J connectivity index is 1.22. The van der Waals surface area contributed by atoms with Crippen LogP contribution in [0.2, 0.25) is 0 Å². The average molecular weight is 540 g/mol. The first-order valence-electron chi connectivity index (χ1n) is 13.4. The van der Waals surface area contributed by atoms with Crippen LogP contribution in [0.1, 0.15) is 50.7 Å². The molecule has 0 aromatic heterocycles. The number of rotatable bonds is 6. The molecule has 4 aliphatic rings. The second kappa shape index (κ2) is 10.3. The van der Waals surface area contributed by atoms with Gasteiger partial charge in [-0.25, -0.2) is 0 Å². The number of carboxylic acid groups (broad SMARTS) is 1. The Bertz CT molecular complexity index is 1050. The molecule has 8 nitrogen and oxygen atoms in total. The predicted octanol–water partition coefficient (Wildman–Crippen LogP) is 3.44. The van der Waals surface area contributed by atoms with Gasteiger partial charge in [-0.05, 0) is 56.7 Å². The standard InChI is InChI=1S/C27H36F3N3O5/c1-17(24(34)35)12-31-9-10-32(13-18(31)2)22-7-8-26(38-15-22,20-3-4-20)25(36)33-14-19-11-21(27(28,29)30)5-6-23(19)37-16-33/h5-6,11,17-18,20,22H,3-4,7-10,12-16H2,1-2H3,(H,34,35)/t17-,18+,22-,26+/m1/s1. The van der Waals surface area contributed by atoms with Crippen LogP contribution in [0.25, 0.3) is 0 Å². The third-order valence-electron chi connectivity index (χ3n) is 8.64. The fraction of sp³-hybridized carbons (Fsp3) is 0.704. The first-order valence-corrected chi connectivity index (χ1v) is 13.4. The lowest BCUT2D eigenvalue weighted by atomic mass is 9.85. The minimum Gasteiger partial charge on any atom is -0.481 e. The van der Waals surface area contributed by atoms with Crippen molar-refractivity contribution in [2.24, 2.45) is 11.8 Å². The molecule has 1 saturated carbocycles. The highest BCUT2D eigenvalue weighted by molar-refractivity contribution is 5.86. The van der Waals surface area contributed by atoms with Gasteiger partial charge in [-0.1, -0.05) is 6.92 Å². The summed E-state index contributed by atoms with van der Waals surface area (Å²) in [4.78, 5) is 31.2. The van der Waals surface area contributed by atoms with Gasteiger partial charge in [0.2, 0.25) is 0 Å². The number of hydrogen-bond donors (Lipinski definition) is 1. The van der Waals surface area contributed by atoms with E-state index in [9.17, 15) is 27.9 Å². The molecule has 4 atom stereocenters. The van der Waals surface area contributed by atoms with E-state index in [0.717, 1.165) is 51.0 Å². The molecule has 0 bridgehead atoms. The van der Waals surface area contributed by atoms with Gasteiger partial charge in [-0.15, -0.1) is 0 Å². The van der Waals surface area contributed by atoms with E-state index in [1.54, 1.807) is 6.92 Å². The molecule has 1 aliphatic carbocycles. The summed E-state index contributed by atoms with van der Waals surface area (Å²) in [5.41, 5.74) is -1.36. The van der Waals surface area contributed by atoms with Crippen LogP contribution in [-0.2, 0) is 27.0 Å². The predicted molar refractivity (Wildman–Crippen MR) is 131 cm³/mol. The van der Waals surface area contributed by atoms with Crippen molar-refractivity contribution in [1.82, 2.24) is 14.7 Å². The fourth-order valence-corrected chi connectivity index (χ4v) is 6.16. The van der Waals surface area contributed by atoms with Crippen LogP contribution in [0, 0.1) is 11.8 Å². The highest BCUT2D eigenvalue weighted by Crippen LogP contribution is 2.48. The molecule has 0 radical (unpaired) electrons. The molecule has 1 aromatic rings. The minimum absolute atomic E-state index is 0.00725. The van der Waals surface area contributed by atoms with Gasteiger partial charge in [0.15, 0.2) is 6.73 Å². The summed E-state index contributed by atoms with van der Waals surface area (Å²) in [5.74, 6) is -0.907. The van der Waals surface area contributed by atoms with E-state index in [2.05, 4.69) is 16.7 Å². The lowest BCUT2D eigenvalue weighted by Crippen LogP contribution is -2.61. The lowest BCUT2D eigenvalue weighted by Gasteiger charge is -2.48. The van der Waals surface area contributed by atoms with Crippen LogP contribution in [0.5, 0.6) is 5.75 Å². The molecule has 1 amide bonds. The van der Waals surface area contributed by atoms with Crippen molar-refractivity contribution < 1.29 is 37.3 Å². The molecule has 5 rings (SSSR count). The number of alkyl halides is 3. The number of benzene rings is 1. The number of piperazine rings is 1. The van der Waals surface area contributed by atoms with Crippen LogP contribution in [0.4, 0.5) is 13.2 Å². The van der Waals surface area contributed by atoms with E-state index in [-0.39, 0.29) is 37.2 Å². The van der Waals surface area contributed by atoms with Crippen molar-refractivity contribution >= 4 is 11.9 Å². The van der Waals surface area contributed by atoms with Gasteiger partial charge >= 0.3 is 12.1 Å². The summed E-state index contributed by atoms with van der Waals surface area (Å²) in [7, 11) is 0. The number of aliphatic carboxylic acids is 1. The molecule has 0 unspecified atom stereocenters. The first kappa shape index (κ1) is 27.2. The fourth-order valence-electron chi connectivity index (χ4n) is 6.16. The van der Waals surface area contributed by atoms with Crippen LogP contribution < -0.4 is 4.74 Å². The number of carbonyl (C=O) groups is 2. The number of halogens is 3. The Morgan fingerprint density at radius 2 is 1.97 bits per heavy atom. The Morgan fingerprint density at radius 1 is 1.21 bits per heavy atom. The minimum atomic E-state index is -4.46. The Labute approximate surface area is 220 Å². The molecular formula is C27H36F3N3O5. The SMILES string of the molecule is C[C@H](CN1CCN([C@@H]2CC[C@@](C(=O)N3COc4ccc(C(F)(F)F)cc4C3)(C3CC3)OC2)C[C@@H]1C)C(=O)O. The Morgan fingerprint density at radius 3 is 2.58 bits per heavy atom. The van der Waals surface area contributed by atoms with Gasteiger partial charge in [0.05, 0.1) is 24.6 Å². The van der Waals surface area contributed by atoms with Crippen molar-refractivity contribution in [3.8, 4) is 5.75 Å². The summed E-state index contributed by atoms with van der Waals surface area (Å²) < 4.78 is 51.8. The molecule has 210 valence electrons. The average Bonchev–Trinajstić information content (AvgIpc) is 3.74. The lowest BCUT2D eigenvalue weighted by molar-refractivity contribution is -0.181. The number of nitrogens with zero attached hydrogens (tertiary/aromatic N) is 3. The van der Waals surface area contributed by atoms with Crippen LogP contribution in [-0.4, -0.2) is 88.9 Å². The number of carbonyl (C=O) groups excluding carboxylic acids is 1. The third kappa shape index (κ3) is 5.37. The van der Waals surface area contributed by atoms with E-state index in [1.165, 1.54) is 11.0 Å². The largest absolute Gasteiger partial charge is 0.481 e. The topological polar surface area (TPSA) is 82.5 Å². The summed E-state index contributed by atoms with van der Waals surface area (Å²) in [6.07, 6.45) is -1.30. The summed E-state index contributed by atoms with van der Waals surface area (Å²) >= 11 is 0. The smallest absolute Gasteiger partial charge is 0.416 e. The molecule has 3 aliphatic heterocycles. The second-order valence-corrected chi connectivity index (χ2v) is 11.3. The molecule has 3 fully saturated rings. The van der Waals surface area contributed by atoms with Crippen molar-refractivity contribution in [2.75, 3.05) is 39.5 Å². The van der Waals surface area contributed by atoms with Gasteiger partial charge in [0, 0.05) is 43.8 Å². The zero-order valence-electron chi connectivity index (χ0n) is 21.9. The third-order valence-corrected chi connectivity index (χ3v) is 8.64. The second-order valence-electron chi connectivity index (χ2n) is 11.3. The monoisotopic (exact) mass is 539 g/mol. The number of ether oxygens (including phenoxy) is 2. The first-order chi connectivity index (χ1) is 18.0. The highest BCUT2D eigenvalue weighted by Gasteiger charge is 2.56. The van der Waals surface area contributed by atoms with Crippen molar-refractivity contribution in [1.29, 1.82) is 0 Å². The summed E-state index contributed by atoms with van der Waals surface area (Å²) in [6.45, 7) is 7.25. The Hall–Kier alpha value is -2.37. The summed E-state index contributed by atoms with van der Waals surface area (Å²) in [6, 6.07) is 3.77. The van der Waals surface area contributed by atoms with Gasteiger partial charge in [-0.2, -0.15) is 13.2 Å². The molecule has 3 heterocycles. The van der Waals surface area contributed by atoms with Crippen molar-refractivity contribution in [2.45, 2.75) is 69.9 Å². The molecule has 38 heavy (non-hydrogen) atoms. The zero-order chi connectivity index (χ0) is 27.2. The molecule has 1 N–H and O–H groups in total. The number of hydrogen-bond acceptors (Lipinski definition) is 6. The quantitative estimate of drug-likeness (QED) is 0.593. The van der Waals surface area contributed by atoms with E-state index >= 15 is 0 Å². The van der Waals surface area contributed by atoms with Gasteiger partial charge in [0.25, 0.3) is 5.91 Å². The van der Waals surface area contributed by atoms with Crippen molar-refractivity contribution in [3.63, 3.8) is 0 Å². The van der Waals surface area contributed by atoms with Crippen LogP contribution in [0.15, 0.2) is 18.2 Å². The molecule has 11 heteroatoms. The number of fused-ring (bicyclic) bond motifs is 1. The van der Waals surface area contributed by atoms with Gasteiger partial charge in [-0.3, -0.25) is 19.4 Å². The van der Waals surface area contributed by atoms with Gasteiger partial charge in [0.1, 0.15) is 11.4 Å². The van der Waals surface area contributed by atoms with Crippen molar-refractivity contribution in [3.05, 3.63) is 29.3 Å². The Kier molecular flexibility index (Phi) is 7.38. The summed E-state index contributed by atoms with van der Waals surface area (Å²) in [5, 5.41) is 9.25. The zero-order valence-corrected chi connectivity index (χ0v) is 21.9. The molecule has 2 saturated heterocycles. The van der Waals surface area contributed by atoms with E-state index < -0.39 is 29.2 Å². The van der Waals surface area contributed by atoms with Gasteiger partial charge < -0.3 is 19.5 Å². The maximum Gasteiger partial charge on any atom is 0.416 e. The molecular weight excluding hydrogens is 503 g/mol.